The van der Waals surface area contributed by atoms with E-state index in [1.807, 2.05) is 36.4 Å². The molecule has 0 unspecified atom stereocenters. The van der Waals surface area contributed by atoms with E-state index in [-0.39, 0.29) is 5.78 Å². The Morgan fingerprint density at radius 2 is 1.08 bits per heavy atom. The number of Topliss-reactive ketones (excluding diaryl/α,β-unsaturated/α-hetero) is 1. The van der Waals surface area contributed by atoms with Crippen molar-refractivity contribution in [3.8, 4) is 12.1 Å². The van der Waals surface area contributed by atoms with Crippen molar-refractivity contribution in [2.75, 3.05) is 0 Å². The summed E-state index contributed by atoms with van der Waals surface area (Å²) >= 11 is 0. The average Bonchev–Trinajstić information content (AvgIpc) is 2.85. The van der Waals surface area contributed by atoms with Gasteiger partial charge in [-0.1, -0.05) is 24.3 Å². The molecule has 0 spiro atoms. The highest BCUT2D eigenvalue weighted by molar-refractivity contribution is 6.13. The molecule has 1 saturated carbocycles. The molecule has 126 valence electrons. The molecular formula is C23H18N2O. The lowest BCUT2D eigenvalue weighted by Crippen LogP contribution is -2.04. The van der Waals surface area contributed by atoms with Crippen molar-refractivity contribution in [3.63, 3.8) is 0 Å². The van der Waals surface area contributed by atoms with Gasteiger partial charge in [0.05, 0.1) is 23.3 Å². The lowest BCUT2D eigenvalue weighted by molar-refractivity contribution is -0.112. The summed E-state index contributed by atoms with van der Waals surface area (Å²) in [7, 11) is 0. The maximum absolute atomic E-state index is 13.0. The Kier molecular flexibility index (Phi) is 5.42. The Labute approximate surface area is 153 Å². The molecule has 0 radical (unpaired) electrons. The third kappa shape index (κ3) is 4.15. The number of nitrogens with zero attached hydrogens (tertiary/aromatic N) is 2. The van der Waals surface area contributed by atoms with Gasteiger partial charge in [0.1, 0.15) is 0 Å². The molecule has 0 aromatic heterocycles. The zero-order valence-corrected chi connectivity index (χ0v) is 14.4. The molecule has 3 nitrogen and oxygen atoms in total. The summed E-state index contributed by atoms with van der Waals surface area (Å²) in [6.45, 7) is 0. The van der Waals surface area contributed by atoms with Gasteiger partial charge in [-0.3, -0.25) is 4.79 Å². The van der Waals surface area contributed by atoms with E-state index in [0.29, 0.717) is 11.1 Å². The normalized spacial score (nSPS) is 17.5. The number of ketones is 1. The van der Waals surface area contributed by atoms with Gasteiger partial charge in [0.15, 0.2) is 5.78 Å². The van der Waals surface area contributed by atoms with Crippen LogP contribution in [0.2, 0.25) is 0 Å². The Morgan fingerprint density at radius 1 is 0.692 bits per heavy atom. The van der Waals surface area contributed by atoms with Crippen LogP contribution in [0.3, 0.4) is 0 Å². The van der Waals surface area contributed by atoms with Crippen molar-refractivity contribution in [2.24, 2.45) is 0 Å². The molecule has 0 aliphatic heterocycles. The number of carbonyl (C=O) groups excluding carboxylic acids is 1. The van der Waals surface area contributed by atoms with E-state index in [1.54, 1.807) is 24.3 Å². The van der Waals surface area contributed by atoms with Crippen LogP contribution < -0.4 is 0 Å². The molecule has 1 fully saturated rings. The van der Waals surface area contributed by atoms with Crippen LogP contribution >= 0.6 is 0 Å². The number of rotatable bonds is 2. The zero-order chi connectivity index (χ0) is 18.4. The van der Waals surface area contributed by atoms with E-state index >= 15 is 0 Å². The predicted molar refractivity (Wildman–Crippen MR) is 102 cm³/mol. The summed E-state index contributed by atoms with van der Waals surface area (Å²) in [5.74, 6) is 0.0937. The lowest BCUT2D eigenvalue weighted by Gasteiger charge is -2.06. The number of carbonyl (C=O) groups is 1. The van der Waals surface area contributed by atoms with Crippen molar-refractivity contribution < 1.29 is 4.79 Å². The number of nitriles is 2. The average molecular weight is 338 g/mol. The van der Waals surface area contributed by atoms with E-state index in [4.69, 9.17) is 10.5 Å². The molecule has 0 saturated heterocycles. The first kappa shape index (κ1) is 17.4. The number of benzene rings is 2. The molecule has 0 atom stereocenters. The summed E-state index contributed by atoms with van der Waals surface area (Å²) < 4.78 is 0. The maximum Gasteiger partial charge on any atom is 0.185 e. The molecular weight excluding hydrogens is 320 g/mol. The lowest BCUT2D eigenvalue weighted by atomic mass is 9.97. The minimum atomic E-state index is 0.0937. The van der Waals surface area contributed by atoms with Gasteiger partial charge in [-0.2, -0.15) is 10.5 Å². The fourth-order valence-corrected chi connectivity index (χ4v) is 3.05. The highest BCUT2D eigenvalue weighted by atomic mass is 16.1. The summed E-state index contributed by atoms with van der Waals surface area (Å²) in [6, 6.07) is 18.7. The Hall–Kier alpha value is -3.43. The predicted octanol–water partition coefficient (Wildman–Crippen LogP) is 5.04. The van der Waals surface area contributed by atoms with Crippen LogP contribution in [-0.2, 0) is 4.79 Å². The van der Waals surface area contributed by atoms with Crippen LogP contribution in [-0.4, -0.2) is 5.78 Å². The minimum Gasteiger partial charge on any atom is -0.289 e. The largest absolute Gasteiger partial charge is 0.289 e. The van der Waals surface area contributed by atoms with E-state index in [2.05, 4.69) is 12.1 Å². The molecule has 3 rings (SSSR count). The van der Waals surface area contributed by atoms with Crippen LogP contribution in [0.15, 0.2) is 59.7 Å². The summed E-state index contributed by atoms with van der Waals surface area (Å²) in [5, 5.41) is 17.8. The van der Waals surface area contributed by atoms with Crippen molar-refractivity contribution in [3.05, 3.63) is 81.9 Å². The van der Waals surface area contributed by atoms with Gasteiger partial charge in [0.2, 0.25) is 0 Å². The second-order valence-corrected chi connectivity index (χ2v) is 6.34. The first-order valence-corrected chi connectivity index (χ1v) is 8.66. The fourth-order valence-electron chi connectivity index (χ4n) is 3.05. The van der Waals surface area contributed by atoms with Crippen LogP contribution in [0, 0.1) is 22.7 Å². The highest BCUT2D eigenvalue weighted by Gasteiger charge is 2.18. The number of hydrogen-bond donors (Lipinski definition) is 0. The van der Waals surface area contributed by atoms with Gasteiger partial charge in [0.25, 0.3) is 0 Å². The number of allylic oxidation sites excluding steroid dienone is 2. The van der Waals surface area contributed by atoms with Crippen molar-refractivity contribution in [2.45, 2.75) is 25.7 Å². The summed E-state index contributed by atoms with van der Waals surface area (Å²) in [6.07, 6.45) is 7.37. The van der Waals surface area contributed by atoms with E-state index in [9.17, 15) is 4.79 Å². The van der Waals surface area contributed by atoms with Crippen LogP contribution in [0.25, 0.3) is 12.2 Å². The van der Waals surface area contributed by atoms with Gasteiger partial charge in [-0.25, -0.2) is 0 Å². The molecule has 1 aliphatic carbocycles. The van der Waals surface area contributed by atoms with Crippen molar-refractivity contribution in [1.29, 1.82) is 10.5 Å². The zero-order valence-electron chi connectivity index (χ0n) is 14.4. The molecule has 0 bridgehead atoms. The molecule has 2 aromatic carbocycles. The fraction of sp³-hybridized carbons (Fsp3) is 0.174. The standard InChI is InChI=1S/C23H18N2O/c24-15-19-9-5-17(6-10-19)13-21-3-1-2-4-22(23(21)26)14-18-7-11-20(16-25)12-8-18/h5-14H,1-4H2/b21-13+,22-14+. The highest BCUT2D eigenvalue weighted by Crippen LogP contribution is 2.27. The molecule has 0 N–H and O–H groups in total. The van der Waals surface area contributed by atoms with Gasteiger partial charge in [-0.05, 0) is 73.2 Å². The Morgan fingerprint density at radius 3 is 1.42 bits per heavy atom. The van der Waals surface area contributed by atoms with E-state index < -0.39 is 0 Å². The van der Waals surface area contributed by atoms with Crippen LogP contribution in [0.1, 0.15) is 47.9 Å². The monoisotopic (exact) mass is 338 g/mol. The smallest absolute Gasteiger partial charge is 0.185 e. The van der Waals surface area contributed by atoms with Gasteiger partial charge >= 0.3 is 0 Å². The molecule has 0 amide bonds. The third-order valence-corrected chi connectivity index (χ3v) is 4.49. The molecule has 3 heteroatoms. The van der Waals surface area contributed by atoms with Crippen LogP contribution in [0.4, 0.5) is 0 Å². The molecule has 0 heterocycles. The van der Waals surface area contributed by atoms with Gasteiger partial charge < -0.3 is 0 Å². The Bertz CT molecular complexity index is 870. The second kappa shape index (κ2) is 8.10. The SMILES string of the molecule is N#Cc1ccc(/C=C2\CCCC/C(=C\c3ccc(C#N)cc3)C2=O)cc1. The third-order valence-electron chi connectivity index (χ3n) is 4.49. The molecule has 26 heavy (non-hydrogen) atoms. The topological polar surface area (TPSA) is 64.7 Å². The van der Waals surface area contributed by atoms with E-state index in [1.165, 1.54) is 0 Å². The van der Waals surface area contributed by atoms with Crippen molar-refractivity contribution in [1.82, 2.24) is 0 Å². The van der Waals surface area contributed by atoms with E-state index in [0.717, 1.165) is 48.0 Å². The molecule has 1 aliphatic rings. The van der Waals surface area contributed by atoms with Gasteiger partial charge in [0, 0.05) is 11.1 Å². The number of hydrogen-bond acceptors (Lipinski definition) is 3. The van der Waals surface area contributed by atoms with Crippen molar-refractivity contribution >= 4 is 17.9 Å². The summed E-state index contributed by atoms with van der Waals surface area (Å²) in [4.78, 5) is 13.0. The van der Waals surface area contributed by atoms with Crippen LogP contribution in [0.5, 0.6) is 0 Å². The Balaban J connectivity index is 1.89. The quantitative estimate of drug-likeness (QED) is 0.569. The first-order valence-electron chi connectivity index (χ1n) is 8.66. The minimum absolute atomic E-state index is 0.0937. The second-order valence-electron chi connectivity index (χ2n) is 6.34. The molecule has 2 aromatic rings. The maximum atomic E-state index is 13.0. The first-order chi connectivity index (χ1) is 12.7. The summed E-state index contributed by atoms with van der Waals surface area (Å²) in [5.41, 5.74) is 4.72. The van der Waals surface area contributed by atoms with Gasteiger partial charge in [-0.15, -0.1) is 0 Å².